The molecule has 19 heavy (non-hydrogen) atoms. The zero-order valence-corrected chi connectivity index (χ0v) is 11.2. The summed E-state index contributed by atoms with van der Waals surface area (Å²) in [7, 11) is 0. The maximum absolute atomic E-state index is 11.8. The Morgan fingerprint density at radius 1 is 1.37 bits per heavy atom. The van der Waals surface area contributed by atoms with Crippen molar-refractivity contribution < 1.29 is 9.59 Å². The van der Waals surface area contributed by atoms with Gasteiger partial charge in [0, 0.05) is 30.5 Å². The lowest BCUT2D eigenvalue weighted by atomic mass is 9.84. The topological polar surface area (TPSA) is 87.2 Å². The number of anilines is 1. The summed E-state index contributed by atoms with van der Waals surface area (Å²) in [6, 6.07) is -0.0707. The smallest absolute Gasteiger partial charge is 0.322 e. The fourth-order valence-electron chi connectivity index (χ4n) is 2.13. The molecule has 0 spiro atoms. The normalized spacial score (nSPS) is 19.5. The minimum Gasteiger partial charge on any atom is -0.350 e. The first-order valence-corrected chi connectivity index (χ1v) is 7.13. The van der Waals surface area contributed by atoms with Crippen LogP contribution in [0, 0.1) is 5.92 Å². The molecule has 2 heterocycles. The summed E-state index contributed by atoms with van der Waals surface area (Å²) in [6.45, 7) is 1.13. The zero-order chi connectivity index (χ0) is 13.2. The van der Waals surface area contributed by atoms with Gasteiger partial charge in [-0.3, -0.25) is 10.1 Å². The number of nitrogens with one attached hydrogen (secondary N) is 2. The van der Waals surface area contributed by atoms with Crippen molar-refractivity contribution in [1.29, 1.82) is 0 Å². The lowest BCUT2D eigenvalue weighted by Gasteiger charge is -2.40. The molecule has 1 aliphatic carbocycles. The predicted molar refractivity (Wildman–Crippen MR) is 69.8 cm³/mol. The van der Waals surface area contributed by atoms with Crippen molar-refractivity contribution >= 4 is 28.5 Å². The molecule has 2 aliphatic rings. The summed E-state index contributed by atoms with van der Waals surface area (Å²) in [6.07, 6.45) is 4.67. The molecule has 1 saturated carbocycles. The van der Waals surface area contributed by atoms with Gasteiger partial charge in [0.25, 0.3) is 0 Å². The third-order valence-corrected chi connectivity index (χ3v) is 4.16. The second-order valence-corrected chi connectivity index (χ2v) is 5.74. The molecule has 3 rings (SSSR count). The van der Waals surface area contributed by atoms with Crippen LogP contribution in [0.4, 0.5) is 9.80 Å². The van der Waals surface area contributed by atoms with Gasteiger partial charge in [0.2, 0.25) is 5.91 Å². The lowest BCUT2D eigenvalue weighted by Crippen LogP contribution is -2.62. The summed E-state index contributed by atoms with van der Waals surface area (Å²) in [5, 5.41) is 9.97. The van der Waals surface area contributed by atoms with Crippen LogP contribution in [0.2, 0.25) is 0 Å². The van der Waals surface area contributed by atoms with E-state index in [0.717, 1.165) is 30.8 Å². The van der Waals surface area contributed by atoms with Crippen molar-refractivity contribution in [2.75, 3.05) is 18.4 Å². The van der Waals surface area contributed by atoms with Crippen LogP contribution in [0.15, 0.2) is 6.20 Å². The van der Waals surface area contributed by atoms with Gasteiger partial charge in [0.1, 0.15) is 5.00 Å². The number of urea groups is 1. The number of amides is 3. The van der Waals surface area contributed by atoms with E-state index in [1.54, 1.807) is 4.90 Å². The Morgan fingerprint density at radius 2 is 2.16 bits per heavy atom. The molecule has 1 aliphatic heterocycles. The van der Waals surface area contributed by atoms with Crippen molar-refractivity contribution in [1.82, 2.24) is 19.8 Å². The maximum atomic E-state index is 11.8. The fraction of sp³-hybridized carbons (Fsp3) is 0.636. The van der Waals surface area contributed by atoms with E-state index in [1.807, 2.05) is 0 Å². The highest BCUT2D eigenvalue weighted by Gasteiger charge is 2.34. The van der Waals surface area contributed by atoms with E-state index in [2.05, 4.69) is 20.2 Å². The van der Waals surface area contributed by atoms with Gasteiger partial charge in [-0.15, -0.1) is 5.10 Å². The van der Waals surface area contributed by atoms with Crippen LogP contribution >= 0.6 is 11.5 Å². The standard InChI is InChI=1S/C11H15N5O2S/c17-10(7-2-1-3-7)13-8-5-16(6-8)11(18)14-9-4-12-15-19-9/h4,7-8H,1-3,5-6H2,(H,13,17)(H,14,18). The minimum absolute atomic E-state index is 0.0958. The Kier molecular flexibility index (Phi) is 3.33. The first-order chi connectivity index (χ1) is 9.22. The molecule has 2 fully saturated rings. The second-order valence-electron chi connectivity index (χ2n) is 4.95. The van der Waals surface area contributed by atoms with Crippen LogP contribution in [-0.4, -0.2) is 45.6 Å². The van der Waals surface area contributed by atoms with Crippen LogP contribution in [0.1, 0.15) is 19.3 Å². The van der Waals surface area contributed by atoms with Crippen molar-refractivity contribution in [2.45, 2.75) is 25.3 Å². The molecule has 3 amide bonds. The number of likely N-dealkylation sites (tertiary alicyclic amines) is 1. The molecule has 0 bridgehead atoms. The molecule has 2 N–H and O–H groups in total. The van der Waals surface area contributed by atoms with E-state index < -0.39 is 0 Å². The number of nitrogens with zero attached hydrogens (tertiary/aromatic N) is 3. The van der Waals surface area contributed by atoms with Gasteiger partial charge in [-0.1, -0.05) is 10.9 Å². The van der Waals surface area contributed by atoms with E-state index in [1.165, 1.54) is 6.20 Å². The Hall–Kier alpha value is -1.70. The Labute approximate surface area is 114 Å². The average molecular weight is 281 g/mol. The monoisotopic (exact) mass is 281 g/mol. The Balaban J connectivity index is 1.39. The minimum atomic E-state index is -0.166. The Bertz CT molecular complexity index is 467. The van der Waals surface area contributed by atoms with Gasteiger partial charge in [-0.25, -0.2) is 4.79 Å². The molecule has 8 heteroatoms. The molecule has 1 aromatic heterocycles. The van der Waals surface area contributed by atoms with Crippen molar-refractivity contribution in [2.24, 2.45) is 5.92 Å². The molecule has 1 saturated heterocycles. The number of rotatable bonds is 3. The molecule has 0 aromatic carbocycles. The average Bonchev–Trinajstić information content (AvgIpc) is 2.72. The van der Waals surface area contributed by atoms with Crippen molar-refractivity contribution in [3.8, 4) is 0 Å². The van der Waals surface area contributed by atoms with E-state index in [0.29, 0.717) is 18.1 Å². The lowest BCUT2D eigenvalue weighted by molar-refractivity contribution is -0.129. The summed E-state index contributed by atoms with van der Waals surface area (Å²) >= 11 is 1.14. The van der Waals surface area contributed by atoms with Crippen LogP contribution in [0.3, 0.4) is 0 Å². The number of carbonyl (C=O) groups excluding carboxylic acids is 2. The van der Waals surface area contributed by atoms with E-state index in [4.69, 9.17) is 0 Å². The van der Waals surface area contributed by atoms with Crippen LogP contribution in [0.5, 0.6) is 0 Å². The summed E-state index contributed by atoms with van der Waals surface area (Å²) in [5.74, 6) is 0.342. The quantitative estimate of drug-likeness (QED) is 0.852. The van der Waals surface area contributed by atoms with Crippen molar-refractivity contribution in [3.63, 3.8) is 0 Å². The molecular weight excluding hydrogens is 266 g/mol. The molecule has 0 unspecified atom stereocenters. The summed E-state index contributed by atoms with van der Waals surface area (Å²) < 4.78 is 3.67. The summed E-state index contributed by atoms with van der Waals surface area (Å²) in [4.78, 5) is 25.2. The fourth-order valence-corrected chi connectivity index (χ4v) is 2.54. The Morgan fingerprint density at radius 3 is 2.74 bits per heavy atom. The highest BCUT2D eigenvalue weighted by atomic mass is 32.1. The van der Waals surface area contributed by atoms with E-state index in [-0.39, 0.29) is 23.9 Å². The third kappa shape index (κ3) is 2.67. The van der Waals surface area contributed by atoms with Gasteiger partial charge in [-0.05, 0) is 12.8 Å². The molecule has 102 valence electrons. The molecule has 7 nitrogen and oxygen atoms in total. The van der Waals surface area contributed by atoms with Gasteiger partial charge < -0.3 is 10.2 Å². The summed E-state index contributed by atoms with van der Waals surface area (Å²) in [5.41, 5.74) is 0. The predicted octanol–water partition coefficient (Wildman–Crippen LogP) is 0.670. The highest BCUT2D eigenvalue weighted by molar-refractivity contribution is 7.10. The highest BCUT2D eigenvalue weighted by Crippen LogP contribution is 2.26. The zero-order valence-electron chi connectivity index (χ0n) is 10.3. The number of hydrogen-bond acceptors (Lipinski definition) is 5. The van der Waals surface area contributed by atoms with Gasteiger partial charge in [0.15, 0.2) is 0 Å². The van der Waals surface area contributed by atoms with Crippen LogP contribution in [-0.2, 0) is 4.79 Å². The second kappa shape index (κ2) is 5.12. The number of hydrogen-bond donors (Lipinski definition) is 2. The van der Waals surface area contributed by atoms with Crippen molar-refractivity contribution in [3.05, 3.63) is 6.20 Å². The molecular formula is C11H15N5O2S. The third-order valence-electron chi connectivity index (χ3n) is 3.58. The van der Waals surface area contributed by atoms with Gasteiger partial charge in [0.05, 0.1) is 12.2 Å². The first-order valence-electron chi connectivity index (χ1n) is 6.36. The molecule has 0 radical (unpaired) electrons. The number of carbonyl (C=O) groups is 2. The molecule has 1 aromatic rings. The van der Waals surface area contributed by atoms with E-state index >= 15 is 0 Å². The first kappa shape index (κ1) is 12.3. The molecule has 0 atom stereocenters. The number of aromatic nitrogens is 2. The van der Waals surface area contributed by atoms with Gasteiger partial charge in [-0.2, -0.15) is 0 Å². The maximum Gasteiger partial charge on any atom is 0.322 e. The SMILES string of the molecule is O=C(NC1CN(C(=O)Nc2cnns2)C1)C1CCC1. The van der Waals surface area contributed by atoms with Gasteiger partial charge >= 0.3 is 6.03 Å². The van der Waals surface area contributed by atoms with E-state index in [9.17, 15) is 9.59 Å². The van der Waals surface area contributed by atoms with Crippen LogP contribution in [0.25, 0.3) is 0 Å². The largest absolute Gasteiger partial charge is 0.350 e. The van der Waals surface area contributed by atoms with Crippen LogP contribution < -0.4 is 10.6 Å².